The lowest BCUT2D eigenvalue weighted by Crippen LogP contribution is -2.23. The fourth-order valence-electron chi connectivity index (χ4n) is 2.33. The highest BCUT2D eigenvalue weighted by Crippen LogP contribution is 2.25. The summed E-state index contributed by atoms with van der Waals surface area (Å²) in [5.41, 5.74) is 2.54. The standard InChI is InChI=1S/C16H18ClN5O/c1-3-11(8-23)21-15-13-7-20-22(16(13)19-9-18-15)12-5-4-10(2)14(17)6-12/h4-7,9,11,23H,3,8H2,1-2H3,(H,18,19,21)/t11-/m1/s1. The van der Waals surface area contributed by atoms with E-state index in [0.717, 1.165) is 23.1 Å². The van der Waals surface area contributed by atoms with Gasteiger partial charge in [-0.2, -0.15) is 5.10 Å². The zero-order valence-electron chi connectivity index (χ0n) is 13.0. The van der Waals surface area contributed by atoms with Crippen LogP contribution in [0.5, 0.6) is 0 Å². The summed E-state index contributed by atoms with van der Waals surface area (Å²) in [6, 6.07) is 5.71. The van der Waals surface area contributed by atoms with Gasteiger partial charge in [0.15, 0.2) is 5.65 Å². The van der Waals surface area contributed by atoms with Gasteiger partial charge < -0.3 is 10.4 Å². The Morgan fingerprint density at radius 2 is 2.17 bits per heavy atom. The molecule has 0 radical (unpaired) electrons. The second-order valence-electron chi connectivity index (χ2n) is 5.38. The Labute approximate surface area is 139 Å². The number of hydrogen-bond donors (Lipinski definition) is 2. The Balaban J connectivity index is 2.05. The Kier molecular flexibility index (Phi) is 4.45. The van der Waals surface area contributed by atoms with E-state index in [2.05, 4.69) is 20.4 Å². The number of aromatic nitrogens is 4. The van der Waals surface area contributed by atoms with Gasteiger partial charge in [-0.05, 0) is 31.0 Å². The van der Waals surface area contributed by atoms with Crippen LogP contribution in [-0.4, -0.2) is 37.5 Å². The van der Waals surface area contributed by atoms with Gasteiger partial charge in [-0.3, -0.25) is 0 Å². The molecule has 2 N–H and O–H groups in total. The summed E-state index contributed by atoms with van der Waals surface area (Å²) in [6.45, 7) is 4.00. The number of hydrogen-bond acceptors (Lipinski definition) is 5. The SMILES string of the molecule is CC[C@H](CO)Nc1ncnc2c1cnn2-c1ccc(C)c(Cl)c1. The molecule has 0 aliphatic rings. The zero-order chi connectivity index (χ0) is 16.4. The van der Waals surface area contributed by atoms with Crippen molar-refractivity contribution in [2.75, 3.05) is 11.9 Å². The largest absolute Gasteiger partial charge is 0.394 e. The van der Waals surface area contributed by atoms with Crippen molar-refractivity contribution in [2.24, 2.45) is 0 Å². The Morgan fingerprint density at radius 3 is 2.87 bits per heavy atom. The number of aryl methyl sites for hydroxylation is 1. The van der Waals surface area contributed by atoms with Crippen molar-refractivity contribution in [3.05, 3.63) is 41.3 Å². The van der Waals surface area contributed by atoms with Gasteiger partial charge in [-0.1, -0.05) is 24.6 Å². The summed E-state index contributed by atoms with van der Waals surface area (Å²) >= 11 is 6.21. The zero-order valence-corrected chi connectivity index (χ0v) is 13.7. The topological polar surface area (TPSA) is 75.9 Å². The van der Waals surface area contributed by atoms with Crippen molar-refractivity contribution in [1.29, 1.82) is 0 Å². The molecule has 0 spiro atoms. The van der Waals surface area contributed by atoms with Gasteiger partial charge in [-0.25, -0.2) is 14.6 Å². The minimum Gasteiger partial charge on any atom is -0.394 e. The Bertz CT molecular complexity index is 828. The highest BCUT2D eigenvalue weighted by Gasteiger charge is 2.14. The molecule has 3 aromatic rings. The Morgan fingerprint density at radius 1 is 1.35 bits per heavy atom. The number of aliphatic hydroxyl groups excluding tert-OH is 1. The van der Waals surface area contributed by atoms with Gasteiger partial charge in [-0.15, -0.1) is 0 Å². The molecular formula is C16H18ClN5O. The first-order valence-corrected chi connectivity index (χ1v) is 7.84. The molecule has 0 unspecified atom stereocenters. The predicted molar refractivity (Wildman–Crippen MR) is 91.2 cm³/mol. The summed E-state index contributed by atoms with van der Waals surface area (Å²) in [6.07, 6.45) is 4.00. The van der Waals surface area contributed by atoms with Gasteiger partial charge in [0, 0.05) is 5.02 Å². The van der Waals surface area contributed by atoms with E-state index in [1.165, 1.54) is 6.33 Å². The van der Waals surface area contributed by atoms with Gasteiger partial charge in [0.1, 0.15) is 12.1 Å². The summed E-state index contributed by atoms with van der Waals surface area (Å²) < 4.78 is 1.73. The molecule has 1 atom stereocenters. The van der Waals surface area contributed by atoms with E-state index in [0.29, 0.717) is 16.5 Å². The number of rotatable bonds is 5. The number of aliphatic hydroxyl groups is 1. The van der Waals surface area contributed by atoms with Gasteiger partial charge in [0.2, 0.25) is 0 Å². The maximum Gasteiger partial charge on any atom is 0.168 e. The molecule has 0 saturated carbocycles. The molecular weight excluding hydrogens is 314 g/mol. The van der Waals surface area contributed by atoms with E-state index in [1.54, 1.807) is 10.9 Å². The first-order chi connectivity index (χ1) is 11.1. The van der Waals surface area contributed by atoms with E-state index < -0.39 is 0 Å². The van der Waals surface area contributed by atoms with Crippen molar-refractivity contribution in [2.45, 2.75) is 26.3 Å². The molecule has 6 nitrogen and oxygen atoms in total. The molecule has 120 valence electrons. The van der Waals surface area contributed by atoms with E-state index >= 15 is 0 Å². The second-order valence-corrected chi connectivity index (χ2v) is 5.79. The predicted octanol–water partition coefficient (Wildman–Crippen LogP) is 2.96. The van der Waals surface area contributed by atoms with Crippen LogP contribution in [0.1, 0.15) is 18.9 Å². The summed E-state index contributed by atoms with van der Waals surface area (Å²) in [5.74, 6) is 0.667. The van der Waals surface area contributed by atoms with Crippen LogP contribution >= 0.6 is 11.6 Å². The maximum atomic E-state index is 9.36. The fraction of sp³-hybridized carbons (Fsp3) is 0.312. The van der Waals surface area contributed by atoms with Crippen LogP contribution in [0.15, 0.2) is 30.7 Å². The van der Waals surface area contributed by atoms with Crippen LogP contribution in [0.4, 0.5) is 5.82 Å². The molecule has 2 aromatic heterocycles. The third kappa shape index (κ3) is 3.00. The number of nitrogens with zero attached hydrogens (tertiary/aromatic N) is 4. The van der Waals surface area contributed by atoms with Crippen LogP contribution in [0.2, 0.25) is 5.02 Å². The monoisotopic (exact) mass is 331 g/mol. The van der Waals surface area contributed by atoms with Crippen LogP contribution in [0, 0.1) is 6.92 Å². The van der Waals surface area contributed by atoms with Gasteiger partial charge in [0.25, 0.3) is 0 Å². The summed E-state index contributed by atoms with van der Waals surface area (Å²) in [7, 11) is 0. The molecule has 1 aromatic carbocycles. The lowest BCUT2D eigenvalue weighted by atomic mass is 10.2. The third-order valence-electron chi connectivity index (χ3n) is 3.82. The number of benzene rings is 1. The number of nitrogens with one attached hydrogen (secondary N) is 1. The van der Waals surface area contributed by atoms with Crippen LogP contribution in [0.3, 0.4) is 0 Å². The van der Waals surface area contributed by atoms with Crippen molar-refractivity contribution < 1.29 is 5.11 Å². The van der Waals surface area contributed by atoms with Crippen molar-refractivity contribution in [3.63, 3.8) is 0 Å². The minimum atomic E-state index is -0.0507. The molecule has 3 rings (SSSR count). The highest BCUT2D eigenvalue weighted by atomic mass is 35.5. The lowest BCUT2D eigenvalue weighted by Gasteiger charge is -2.14. The van der Waals surface area contributed by atoms with E-state index in [9.17, 15) is 5.11 Å². The molecule has 0 fully saturated rings. The molecule has 0 saturated heterocycles. The summed E-state index contributed by atoms with van der Waals surface area (Å²) in [4.78, 5) is 8.60. The summed E-state index contributed by atoms with van der Waals surface area (Å²) in [5, 5.41) is 18.5. The molecule has 23 heavy (non-hydrogen) atoms. The van der Waals surface area contributed by atoms with E-state index in [1.807, 2.05) is 32.0 Å². The number of anilines is 1. The third-order valence-corrected chi connectivity index (χ3v) is 4.23. The molecule has 0 bridgehead atoms. The highest BCUT2D eigenvalue weighted by molar-refractivity contribution is 6.31. The first kappa shape index (κ1) is 15.7. The minimum absolute atomic E-state index is 0.0453. The smallest absolute Gasteiger partial charge is 0.168 e. The molecule has 2 heterocycles. The molecule has 0 aliphatic carbocycles. The first-order valence-electron chi connectivity index (χ1n) is 7.46. The lowest BCUT2D eigenvalue weighted by molar-refractivity contribution is 0.271. The number of halogens is 1. The van der Waals surface area contributed by atoms with Crippen LogP contribution in [-0.2, 0) is 0 Å². The second kappa shape index (κ2) is 6.52. The van der Waals surface area contributed by atoms with Gasteiger partial charge in [0.05, 0.1) is 29.9 Å². The average Bonchev–Trinajstić information content (AvgIpc) is 3.00. The Hall–Kier alpha value is -2.18. The molecule has 0 amide bonds. The molecule has 7 heteroatoms. The fourth-order valence-corrected chi connectivity index (χ4v) is 2.51. The average molecular weight is 332 g/mol. The van der Waals surface area contributed by atoms with E-state index in [4.69, 9.17) is 11.6 Å². The van der Waals surface area contributed by atoms with Crippen molar-refractivity contribution in [3.8, 4) is 5.69 Å². The van der Waals surface area contributed by atoms with Crippen molar-refractivity contribution in [1.82, 2.24) is 19.7 Å². The molecule has 0 aliphatic heterocycles. The number of fused-ring (bicyclic) bond motifs is 1. The normalized spacial score (nSPS) is 12.5. The van der Waals surface area contributed by atoms with Crippen LogP contribution in [0.25, 0.3) is 16.7 Å². The van der Waals surface area contributed by atoms with Crippen molar-refractivity contribution >= 4 is 28.5 Å². The van der Waals surface area contributed by atoms with E-state index in [-0.39, 0.29) is 12.6 Å². The quantitative estimate of drug-likeness (QED) is 0.751. The van der Waals surface area contributed by atoms with Gasteiger partial charge >= 0.3 is 0 Å². The maximum absolute atomic E-state index is 9.36. The van der Waals surface area contributed by atoms with Crippen LogP contribution < -0.4 is 5.32 Å².